The van der Waals surface area contributed by atoms with Crippen molar-refractivity contribution in [2.45, 2.75) is 12.5 Å². The molecular formula is C15H15F2N3O3. The van der Waals surface area contributed by atoms with Crippen LogP contribution in [-0.4, -0.2) is 36.9 Å². The second-order valence-electron chi connectivity index (χ2n) is 4.97. The average Bonchev–Trinajstić information content (AvgIpc) is 2.85. The van der Waals surface area contributed by atoms with E-state index < -0.39 is 41.1 Å². The van der Waals surface area contributed by atoms with Gasteiger partial charge >= 0.3 is 0 Å². The molecule has 1 heterocycles. The van der Waals surface area contributed by atoms with Crippen molar-refractivity contribution in [2.24, 2.45) is 0 Å². The normalized spacial score (nSPS) is 17.0. The molecule has 0 radical (unpaired) electrons. The molecule has 0 spiro atoms. The topological polar surface area (TPSA) is 78.5 Å². The maximum Gasteiger partial charge on any atom is 0.243 e. The Morgan fingerprint density at radius 1 is 1.35 bits per heavy atom. The summed E-state index contributed by atoms with van der Waals surface area (Å²) in [6, 6.07) is 2.73. The molecule has 1 aromatic rings. The molecule has 1 aromatic carbocycles. The fourth-order valence-corrected chi connectivity index (χ4v) is 2.29. The van der Waals surface area contributed by atoms with Crippen molar-refractivity contribution in [3.8, 4) is 0 Å². The molecule has 1 saturated heterocycles. The average molecular weight is 323 g/mol. The number of hydrogen-bond acceptors (Lipinski definition) is 3. The van der Waals surface area contributed by atoms with E-state index in [1.54, 1.807) is 0 Å². The largest absolute Gasteiger partial charge is 0.350 e. The SMILES string of the molecule is C=CC(=O)NCC(=O)NC1CC(=O)N(c2c(F)cccc2F)C1. The van der Waals surface area contributed by atoms with Gasteiger partial charge in [-0.15, -0.1) is 0 Å². The highest BCUT2D eigenvalue weighted by Gasteiger charge is 2.34. The van der Waals surface area contributed by atoms with E-state index in [1.165, 1.54) is 6.07 Å². The molecular weight excluding hydrogens is 308 g/mol. The first-order chi connectivity index (χ1) is 10.9. The van der Waals surface area contributed by atoms with Gasteiger partial charge in [0, 0.05) is 13.0 Å². The van der Waals surface area contributed by atoms with Crippen molar-refractivity contribution in [1.29, 1.82) is 0 Å². The fraction of sp³-hybridized carbons (Fsp3) is 0.267. The number of nitrogens with one attached hydrogen (secondary N) is 2. The van der Waals surface area contributed by atoms with Gasteiger partial charge in [0.1, 0.15) is 17.3 Å². The molecule has 0 aliphatic carbocycles. The van der Waals surface area contributed by atoms with Crippen LogP contribution in [0.25, 0.3) is 0 Å². The standard InChI is InChI=1S/C15H15F2N3O3/c1-2-12(21)18-7-13(22)19-9-6-14(23)20(8-9)15-10(16)4-3-5-11(15)17/h2-5,9H,1,6-8H2,(H,18,21)(H,19,22). The number of carbonyl (C=O) groups is 3. The summed E-state index contributed by atoms with van der Waals surface area (Å²) in [5.41, 5.74) is -0.422. The molecule has 122 valence electrons. The van der Waals surface area contributed by atoms with Gasteiger partial charge in [0.25, 0.3) is 0 Å². The lowest BCUT2D eigenvalue weighted by Crippen LogP contribution is -2.42. The number of hydrogen-bond donors (Lipinski definition) is 2. The Balaban J connectivity index is 1.99. The summed E-state index contributed by atoms with van der Waals surface area (Å²) >= 11 is 0. The molecule has 0 aromatic heterocycles. The lowest BCUT2D eigenvalue weighted by Gasteiger charge is -2.18. The third-order valence-electron chi connectivity index (χ3n) is 3.31. The van der Waals surface area contributed by atoms with E-state index in [9.17, 15) is 23.2 Å². The second-order valence-corrected chi connectivity index (χ2v) is 4.97. The molecule has 1 aliphatic heterocycles. The molecule has 0 saturated carbocycles. The first-order valence-electron chi connectivity index (χ1n) is 6.86. The molecule has 1 aliphatic rings. The Morgan fingerprint density at radius 2 is 2.00 bits per heavy atom. The summed E-state index contributed by atoms with van der Waals surface area (Å²) in [5, 5.41) is 4.82. The van der Waals surface area contributed by atoms with E-state index in [1.807, 2.05) is 0 Å². The number of nitrogens with zero attached hydrogens (tertiary/aromatic N) is 1. The summed E-state index contributed by atoms with van der Waals surface area (Å²) in [6.07, 6.45) is 0.948. The molecule has 3 amide bonds. The van der Waals surface area contributed by atoms with Crippen LogP contribution in [0.2, 0.25) is 0 Å². The molecule has 2 rings (SSSR count). The van der Waals surface area contributed by atoms with Crippen molar-refractivity contribution in [3.05, 3.63) is 42.5 Å². The lowest BCUT2D eigenvalue weighted by atomic mass is 10.2. The minimum absolute atomic E-state index is 0.0438. The van der Waals surface area contributed by atoms with Crippen LogP contribution in [0.1, 0.15) is 6.42 Å². The third-order valence-corrected chi connectivity index (χ3v) is 3.31. The fourth-order valence-electron chi connectivity index (χ4n) is 2.29. The maximum absolute atomic E-state index is 13.7. The molecule has 8 heteroatoms. The van der Waals surface area contributed by atoms with Gasteiger partial charge in [-0.05, 0) is 18.2 Å². The van der Waals surface area contributed by atoms with Gasteiger partial charge in [-0.3, -0.25) is 14.4 Å². The number of halogens is 2. The van der Waals surface area contributed by atoms with E-state index >= 15 is 0 Å². The number of anilines is 1. The first kappa shape index (κ1) is 16.6. The van der Waals surface area contributed by atoms with Gasteiger partial charge in [-0.25, -0.2) is 8.78 Å². The summed E-state index contributed by atoms with van der Waals surface area (Å²) in [4.78, 5) is 35.5. The van der Waals surface area contributed by atoms with Gasteiger partial charge in [-0.1, -0.05) is 12.6 Å². The van der Waals surface area contributed by atoms with Crippen LogP contribution in [0.3, 0.4) is 0 Å². The van der Waals surface area contributed by atoms with Crippen molar-refractivity contribution in [3.63, 3.8) is 0 Å². The monoisotopic (exact) mass is 323 g/mol. The molecule has 0 bridgehead atoms. The van der Waals surface area contributed by atoms with E-state index in [-0.39, 0.29) is 19.5 Å². The zero-order valence-electron chi connectivity index (χ0n) is 12.1. The Hall–Kier alpha value is -2.77. The van der Waals surface area contributed by atoms with Gasteiger partial charge in [-0.2, -0.15) is 0 Å². The third kappa shape index (κ3) is 3.91. The van der Waals surface area contributed by atoms with E-state index in [2.05, 4.69) is 17.2 Å². The quantitative estimate of drug-likeness (QED) is 0.774. The highest BCUT2D eigenvalue weighted by atomic mass is 19.1. The Kier molecular flexibility index (Phi) is 5.05. The van der Waals surface area contributed by atoms with Gasteiger partial charge in [0.15, 0.2) is 0 Å². The predicted octanol–water partition coefficient (Wildman–Crippen LogP) is 0.488. The Morgan fingerprint density at radius 3 is 2.61 bits per heavy atom. The predicted molar refractivity (Wildman–Crippen MR) is 78.5 cm³/mol. The van der Waals surface area contributed by atoms with Gasteiger partial charge < -0.3 is 15.5 Å². The minimum atomic E-state index is -0.844. The smallest absolute Gasteiger partial charge is 0.243 e. The minimum Gasteiger partial charge on any atom is -0.350 e. The molecule has 2 N–H and O–H groups in total. The van der Waals surface area contributed by atoms with E-state index in [0.717, 1.165) is 23.1 Å². The number of rotatable bonds is 5. The molecule has 1 atom stereocenters. The molecule has 1 fully saturated rings. The number of para-hydroxylation sites is 1. The summed E-state index contributed by atoms with van der Waals surface area (Å²) in [6.45, 7) is 2.93. The highest BCUT2D eigenvalue weighted by Crippen LogP contribution is 2.27. The maximum atomic E-state index is 13.7. The zero-order valence-corrected chi connectivity index (χ0v) is 12.1. The van der Waals surface area contributed by atoms with Crippen molar-refractivity contribution in [1.82, 2.24) is 10.6 Å². The van der Waals surface area contributed by atoms with Crippen LogP contribution in [0.4, 0.5) is 14.5 Å². The van der Waals surface area contributed by atoms with Crippen LogP contribution < -0.4 is 15.5 Å². The van der Waals surface area contributed by atoms with Crippen molar-refractivity contribution in [2.75, 3.05) is 18.0 Å². The van der Waals surface area contributed by atoms with Crippen LogP contribution in [0, 0.1) is 11.6 Å². The summed E-state index contributed by atoms with van der Waals surface area (Å²) < 4.78 is 27.5. The molecule has 23 heavy (non-hydrogen) atoms. The summed E-state index contributed by atoms with van der Waals surface area (Å²) in [7, 11) is 0. The number of amides is 3. The van der Waals surface area contributed by atoms with Crippen LogP contribution >= 0.6 is 0 Å². The van der Waals surface area contributed by atoms with Crippen LogP contribution in [0.15, 0.2) is 30.9 Å². The molecule has 1 unspecified atom stereocenters. The number of carbonyl (C=O) groups excluding carboxylic acids is 3. The van der Waals surface area contributed by atoms with Crippen LogP contribution in [-0.2, 0) is 14.4 Å². The van der Waals surface area contributed by atoms with Crippen molar-refractivity contribution < 1.29 is 23.2 Å². The first-order valence-corrected chi connectivity index (χ1v) is 6.86. The second kappa shape index (κ2) is 6.99. The Labute approximate surface area is 131 Å². The van der Waals surface area contributed by atoms with Gasteiger partial charge in [0.2, 0.25) is 17.7 Å². The molecule has 6 nitrogen and oxygen atoms in total. The van der Waals surface area contributed by atoms with E-state index in [4.69, 9.17) is 0 Å². The summed E-state index contributed by atoms with van der Waals surface area (Å²) in [5.74, 6) is -3.19. The van der Waals surface area contributed by atoms with E-state index in [0.29, 0.717) is 0 Å². The van der Waals surface area contributed by atoms with Crippen LogP contribution in [0.5, 0.6) is 0 Å². The lowest BCUT2D eigenvalue weighted by molar-refractivity contribution is -0.124. The van der Waals surface area contributed by atoms with Crippen molar-refractivity contribution >= 4 is 23.4 Å². The number of benzene rings is 1. The zero-order chi connectivity index (χ0) is 17.0. The highest BCUT2D eigenvalue weighted by molar-refractivity contribution is 5.97. The Bertz CT molecular complexity index is 643. The van der Waals surface area contributed by atoms with Gasteiger partial charge in [0.05, 0.1) is 12.6 Å².